The smallest absolute Gasteiger partial charge is 0.407 e. The van der Waals surface area contributed by atoms with Crippen LogP contribution in [0, 0.1) is 0 Å². The second kappa shape index (κ2) is 6.58. The third-order valence-electron chi connectivity index (χ3n) is 4.56. The van der Waals surface area contributed by atoms with Gasteiger partial charge in [-0.15, -0.1) is 0 Å². The number of nitrogens with zero attached hydrogens (tertiary/aromatic N) is 2. The van der Waals surface area contributed by atoms with Gasteiger partial charge in [0.15, 0.2) is 0 Å². The van der Waals surface area contributed by atoms with E-state index in [1.165, 1.54) is 10.5 Å². The van der Waals surface area contributed by atoms with Crippen LogP contribution in [0.3, 0.4) is 0 Å². The molecule has 3 rings (SSSR count). The number of rotatable bonds is 3. The van der Waals surface area contributed by atoms with Gasteiger partial charge in [0.25, 0.3) is 0 Å². The molecule has 0 spiro atoms. The molecule has 1 fully saturated rings. The highest BCUT2D eigenvalue weighted by molar-refractivity contribution is 5.92. The zero-order chi connectivity index (χ0) is 16.4. The first kappa shape index (κ1) is 15.8. The largest absolute Gasteiger partial charge is 0.465 e. The minimum atomic E-state index is -0.833. The van der Waals surface area contributed by atoms with E-state index in [1.807, 2.05) is 19.1 Å². The number of amides is 1. The number of fused-ring (bicyclic) bond motifs is 1. The van der Waals surface area contributed by atoms with Gasteiger partial charge in [-0.1, -0.05) is 12.1 Å². The van der Waals surface area contributed by atoms with Crippen LogP contribution in [0.15, 0.2) is 18.2 Å². The quantitative estimate of drug-likeness (QED) is 0.858. The fourth-order valence-corrected chi connectivity index (χ4v) is 3.22. The molecule has 2 aliphatic rings. The monoisotopic (exact) mass is 318 g/mol. The molecule has 1 atom stereocenters. The van der Waals surface area contributed by atoms with Crippen molar-refractivity contribution in [3.8, 4) is 0 Å². The third kappa shape index (κ3) is 3.64. The van der Waals surface area contributed by atoms with Crippen molar-refractivity contribution >= 4 is 12.1 Å². The molecule has 1 aromatic carbocycles. The van der Waals surface area contributed by atoms with Gasteiger partial charge in [-0.05, 0) is 30.5 Å². The third-order valence-corrected chi connectivity index (χ3v) is 4.56. The van der Waals surface area contributed by atoms with Crippen molar-refractivity contribution in [1.82, 2.24) is 9.80 Å². The maximum absolute atomic E-state index is 11.8. The molecule has 0 aliphatic carbocycles. The van der Waals surface area contributed by atoms with Crippen molar-refractivity contribution in [2.75, 3.05) is 32.7 Å². The Morgan fingerprint density at radius 1 is 1.30 bits per heavy atom. The minimum absolute atomic E-state index is 0.0608. The van der Waals surface area contributed by atoms with Gasteiger partial charge >= 0.3 is 12.1 Å². The predicted octanol–water partition coefficient (Wildman–Crippen LogP) is 1.63. The molecule has 1 unspecified atom stereocenters. The summed E-state index contributed by atoms with van der Waals surface area (Å²) in [6, 6.07) is 5.96. The number of hydrogen-bond donors (Lipinski definition) is 1. The number of piperazine rings is 1. The van der Waals surface area contributed by atoms with Crippen molar-refractivity contribution in [2.24, 2.45) is 0 Å². The first-order valence-electron chi connectivity index (χ1n) is 8.06. The zero-order valence-corrected chi connectivity index (χ0v) is 13.3. The molecule has 0 bridgehead atoms. The predicted molar refractivity (Wildman–Crippen MR) is 84.8 cm³/mol. The molecule has 6 heteroatoms. The lowest BCUT2D eigenvalue weighted by Crippen LogP contribution is -2.48. The standard InChI is InChI=1S/C17H22N2O4/c1-12-10-14-11-13(2-3-15(14)16(20)23-12)4-5-18-6-8-19(9-7-18)17(21)22/h2-3,11-12H,4-10H2,1H3,(H,21,22). The van der Waals surface area contributed by atoms with E-state index in [0.29, 0.717) is 18.7 Å². The molecule has 1 N–H and O–H groups in total. The molecular weight excluding hydrogens is 296 g/mol. The molecule has 124 valence electrons. The molecule has 1 aromatic rings. The average Bonchev–Trinajstić information content (AvgIpc) is 2.52. The van der Waals surface area contributed by atoms with Crippen LogP contribution in [0.5, 0.6) is 0 Å². The van der Waals surface area contributed by atoms with Crippen LogP contribution < -0.4 is 0 Å². The van der Waals surface area contributed by atoms with Gasteiger partial charge in [-0.25, -0.2) is 9.59 Å². The highest BCUT2D eigenvalue weighted by atomic mass is 16.5. The van der Waals surface area contributed by atoms with Crippen LogP contribution in [0.4, 0.5) is 4.79 Å². The van der Waals surface area contributed by atoms with E-state index in [2.05, 4.69) is 11.0 Å². The summed E-state index contributed by atoms with van der Waals surface area (Å²) in [5.74, 6) is -0.227. The van der Waals surface area contributed by atoms with E-state index < -0.39 is 6.09 Å². The number of cyclic esters (lactones) is 1. The van der Waals surface area contributed by atoms with Gasteiger partial charge in [0.1, 0.15) is 6.10 Å². The number of ether oxygens (including phenoxy) is 1. The molecule has 0 aromatic heterocycles. The maximum atomic E-state index is 11.8. The minimum Gasteiger partial charge on any atom is -0.465 e. The highest BCUT2D eigenvalue weighted by Crippen LogP contribution is 2.22. The Morgan fingerprint density at radius 3 is 2.74 bits per heavy atom. The van der Waals surface area contributed by atoms with Crippen LogP contribution >= 0.6 is 0 Å². The van der Waals surface area contributed by atoms with E-state index in [-0.39, 0.29) is 12.1 Å². The van der Waals surface area contributed by atoms with Crippen LogP contribution in [-0.2, 0) is 17.6 Å². The van der Waals surface area contributed by atoms with Crippen LogP contribution in [-0.4, -0.2) is 65.8 Å². The number of esters is 1. The average molecular weight is 318 g/mol. The maximum Gasteiger partial charge on any atom is 0.407 e. The Kier molecular flexibility index (Phi) is 4.52. The summed E-state index contributed by atoms with van der Waals surface area (Å²) in [5.41, 5.74) is 2.97. The van der Waals surface area contributed by atoms with Crippen molar-refractivity contribution < 1.29 is 19.4 Å². The van der Waals surface area contributed by atoms with Crippen LogP contribution in [0.1, 0.15) is 28.4 Å². The van der Waals surface area contributed by atoms with E-state index in [1.54, 1.807) is 0 Å². The van der Waals surface area contributed by atoms with Crippen molar-refractivity contribution in [2.45, 2.75) is 25.9 Å². The molecular formula is C17H22N2O4. The summed E-state index contributed by atoms with van der Waals surface area (Å²) in [6.07, 6.45) is 0.783. The molecule has 2 heterocycles. The number of carbonyl (C=O) groups is 2. The first-order chi connectivity index (χ1) is 11.0. The summed E-state index contributed by atoms with van der Waals surface area (Å²) in [7, 11) is 0. The van der Waals surface area contributed by atoms with E-state index in [0.717, 1.165) is 38.0 Å². The first-order valence-corrected chi connectivity index (χ1v) is 8.06. The summed E-state index contributed by atoms with van der Waals surface area (Å²) in [4.78, 5) is 26.5. The fraction of sp³-hybridized carbons (Fsp3) is 0.529. The number of carboxylic acid groups (broad SMARTS) is 1. The fourth-order valence-electron chi connectivity index (χ4n) is 3.22. The Bertz CT molecular complexity index is 609. The topological polar surface area (TPSA) is 70.1 Å². The SMILES string of the molecule is CC1Cc2cc(CCN3CCN(C(=O)O)CC3)ccc2C(=O)O1. The van der Waals surface area contributed by atoms with Crippen molar-refractivity contribution in [1.29, 1.82) is 0 Å². The van der Waals surface area contributed by atoms with Gasteiger partial charge in [0.05, 0.1) is 5.56 Å². The van der Waals surface area contributed by atoms with E-state index >= 15 is 0 Å². The molecule has 0 saturated carbocycles. The van der Waals surface area contributed by atoms with Gasteiger partial charge in [0.2, 0.25) is 0 Å². The van der Waals surface area contributed by atoms with Gasteiger partial charge in [0, 0.05) is 39.1 Å². The number of carbonyl (C=O) groups excluding carboxylic acids is 1. The molecule has 1 amide bonds. The van der Waals surface area contributed by atoms with Crippen LogP contribution in [0.25, 0.3) is 0 Å². The number of benzene rings is 1. The zero-order valence-electron chi connectivity index (χ0n) is 13.3. The van der Waals surface area contributed by atoms with Crippen molar-refractivity contribution in [3.63, 3.8) is 0 Å². The Balaban J connectivity index is 1.56. The van der Waals surface area contributed by atoms with E-state index in [9.17, 15) is 9.59 Å². The van der Waals surface area contributed by atoms with Crippen molar-refractivity contribution in [3.05, 3.63) is 34.9 Å². The summed E-state index contributed by atoms with van der Waals surface area (Å²) in [6.45, 7) is 5.52. The lowest BCUT2D eigenvalue weighted by atomic mass is 9.96. The molecule has 1 saturated heterocycles. The normalized spacial score (nSPS) is 21.7. The lowest BCUT2D eigenvalue weighted by Gasteiger charge is -2.33. The van der Waals surface area contributed by atoms with Crippen LogP contribution in [0.2, 0.25) is 0 Å². The number of hydrogen-bond acceptors (Lipinski definition) is 4. The summed E-state index contributed by atoms with van der Waals surface area (Å²) < 4.78 is 5.24. The highest BCUT2D eigenvalue weighted by Gasteiger charge is 2.24. The summed E-state index contributed by atoms with van der Waals surface area (Å²) >= 11 is 0. The second-order valence-corrected chi connectivity index (χ2v) is 6.27. The Morgan fingerprint density at radius 2 is 2.04 bits per heavy atom. The Hall–Kier alpha value is -2.08. The van der Waals surface area contributed by atoms with Gasteiger partial charge in [-0.2, -0.15) is 0 Å². The lowest BCUT2D eigenvalue weighted by molar-refractivity contribution is 0.0301. The van der Waals surface area contributed by atoms with E-state index in [4.69, 9.17) is 9.84 Å². The van der Waals surface area contributed by atoms with Gasteiger partial charge < -0.3 is 14.7 Å². The summed E-state index contributed by atoms with van der Waals surface area (Å²) in [5, 5.41) is 8.96. The molecule has 6 nitrogen and oxygen atoms in total. The molecule has 0 radical (unpaired) electrons. The molecule has 2 aliphatic heterocycles. The second-order valence-electron chi connectivity index (χ2n) is 6.27. The Labute approximate surface area is 135 Å². The molecule has 23 heavy (non-hydrogen) atoms. The van der Waals surface area contributed by atoms with Gasteiger partial charge in [-0.3, -0.25) is 4.90 Å².